The summed E-state index contributed by atoms with van der Waals surface area (Å²) >= 11 is 0. The summed E-state index contributed by atoms with van der Waals surface area (Å²) in [5, 5.41) is 5.59. The quantitative estimate of drug-likeness (QED) is 0.529. The molecule has 3 aromatic carbocycles. The molecule has 0 fully saturated rings. The first-order chi connectivity index (χ1) is 15.2. The molecule has 160 valence electrons. The van der Waals surface area contributed by atoms with Crippen molar-refractivity contribution in [2.45, 2.75) is 13.0 Å². The molecular formula is C25H26N2O4. The van der Waals surface area contributed by atoms with Crippen LogP contribution in [0.5, 0.6) is 11.5 Å². The number of carbonyl (C=O) groups excluding carboxylic acids is 2. The SMILES string of the molecule is CCOc1ccc(C(NC(=O)CNC(=O)COc2ccccc2)c2ccccc2)cc1. The van der Waals surface area contributed by atoms with E-state index >= 15 is 0 Å². The van der Waals surface area contributed by atoms with E-state index in [0.29, 0.717) is 12.4 Å². The summed E-state index contributed by atoms with van der Waals surface area (Å²) in [6, 6.07) is 26.0. The molecule has 6 nitrogen and oxygen atoms in total. The minimum absolute atomic E-state index is 0.142. The highest BCUT2D eigenvalue weighted by Crippen LogP contribution is 2.24. The number of para-hydroxylation sites is 1. The second-order valence-electron chi connectivity index (χ2n) is 6.79. The van der Waals surface area contributed by atoms with Crippen molar-refractivity contribution in [1.29, 1.82) is 0 Å². The van der Waals surface area contributed by atoms with Gasteiger partial charge in [-0.2, -0.15) is 0 Å². The lowest BCUT2D eigenvalue weighted by atomic mass is 9.98. The van der Waals surface area contributed by atoms with Gasteiger partial charge in [-0.15, -0.1) is 0 Å². The van der Waals surface area contributed by atoms with Crippen LogP contribution in [-0.4, -0.2) is 31.6 Å². The molecule has 1 atom stereocenters. The summed E-state index contributed by atoms with van der Waals surface area (Å²) in [5.74, 6) is 0.712. The van der Waals surface area contributed by atoms with Gasteiger partial charge in [0, 0.05) is 0 Å². The van der Waals surface area contributed by atoms with E-state index in [4.69, 9.17) is 9.47 Å². The van der Waals surface area contributed by atoms with Crippen molar-refractivity contribution in [2.24, 2.45) is 0 Å². The van der Waals surface area contributed by atoms with Gasteiger partial charge in [-0.25, -0.2) is 0 Å². The normalized spacial score (nSPS) is 11.3. The summed E-state index contributed by atoms with van der Waals surface area (Å²) in [6.45, 7) is 2.22. The van der Waals surface area contributed by atoms with Gasteiger partial charge >= 0.3 is 0 Å². The molecule has 1 unspecified atom stereocenters. The van der Waals surface area contributed by atoms with E-state index in [-0.39, 0.29) is 31.0 Å². The Kier molecular flexibility index (Phi) is 8.05. The number of benzene rings is 3. The van der Waals surface area contributed by atoms with Crippen LogP contribution in [-0.2, 0) is 9.59 Å². The van der Waals surface area contributed by atoms with Crippen molar-refractivity contribution in [3.05, 3.63) is 96.1 Å². The summed E-state index contributed by atoms with van der Waals surface area (Å²) in [6.07, 6.45) is 0. The van der Waals surface area contributed by atoms with Crippen LogP contribution in [0.2, 0.25) is 0 Å². The van der Waals surface area contributed by atoms with Crippen molar-refractivity contribution >= 4 is 11.8 Å². The third kappa shape index (κ3) is 6.89. The van der Waals surface area contributed by atoms with Crippen molar-refractivity contribution < 1.29 is 19.1 Å². The Morgan fingerprint density at radius 3 is 1.97 bits per heavy atom. The molecule has 0 aromatic heterocycles. The van der Waals surface area contributed by atoms with Gasteiger partial charge in [0.1, 0.15) is 11.5 Å². The highest BCUT2D eigenvalue weighted by atomic mass is 16.5. The van der Waals surface area contributed by atoms with E-state index in [2.05, 4.69) is 10.6 Å². The maximum absolute atomic E-state index is 12.6. The average molecular weight is 418 g/mol. The Morgan fingerprint density at radius 1 is 0.742 bits per heavy atom. The predicted molar refractivity (Wildman–Crippen MR) is 119 cm³/mol. The van der Waals surface area contributed by atoms with E-state index in [1.165, 1.54) is 0 Å². The molecule has 0 spiro atoms. The Labute approximate surface area is 182 Å². The lowest BCUT2D eigenvalue weighted by Crippen LogP contribution is -2.40. The molecule has 2 amide bonds. The standard InChI is InChI=1S/C25H26N2O4/c1-2-30-22-15-13-20(14-16-22)25(19-9-5-3-6-10-19)27-23(28)17-26-24(29)18-31-21-11-7-4-8-12-21/h3-16,25H,2,17-18H2,1H3,(H,26,29)(H,27,28). The van der Waals surface area contributed by atoms with E-state index < -0.39 is 0 Å². The van der Waals surface area contributed by atoms with E-state index in [1.807, 2.05) is 79.7 Å². The van der Waals surface area contributed by atoms with Gasteiger partial charge in [-0.05, 0) is 42.3 Å². The molecule has 3 aromatic rings. The number of hydrogen-bond donors (Lipinski definition) is 2. The van der Waals surface area contributed by atoms with Gasteiger partial charge in [0.05, 0.1) is 19.2 Å². The smallest absolute Gasteiger partial charge is 0.258 e. The number of ether oxygens (including phenoxy) is 2. The molecule has 0 saturated heterocycles. The molecule has 0 aliphatic rings. The van der Waals surface area contributed by atoms with Gasteiger partial charge in [0.15, 0.2) is 6.61 Å². The Bertz CT molecular complexity index is 960. The molecule has 2 N–H and O–H groups in total. The minimum atomic E-state index is -0.365. The van der Waals surface area contributed by atoms with E-state index in [0.717, 1.165) is 16.9 Å². The first-order valence-electron chi connectivity index (χ1n) is 10.2. The van der Waals surface area contributed by atoms with E-state index in [1.54, 1.807) is 12.1 Å². The van der Waals surface area contributed by atoms with Crippen LogP contribution in [0.15, 0.2) is 84.9 Å². The molecule has 0 aliphatic heterocycles. The van der Waals surface area contributed by atoms with Gasteiger partial charge in [-0.3, -0.25) is 9.59 Å². The Morgan fingerprint density at radius 2 is 1.32 bits per heavy atom. The Balaban J connectivity index is 1.58. The lowest BCUT2D eigenvalue weighted by Gasteiger charge is -2.20. The lowest BCUT2D eigenvalue weighted by molar-refractivity contribution is -0.127. The van der Waals surface area contributed by atoms with Crippen LogP contribution in [0.1, 0.15) is 24.1 Å². The zero-order chi connectivity index (χ0) is 21.9. The first-order valence-corrected chi connectivity index (χ1v) is 10.2. The van der Waals surface area contributed by atoms with Crippen LogP contribution in [0, 0.1) is 0 Å². The van der Waals surface area contributed by atoms with Crippen molar-refractivity contribution in [2.75, 3.05) is 19.8 Å². The fourth-order valence-electron chi connectivity index (χ4n) is 3.04. The second-order valence-corrected chi connectivity index (χ2v) is 6.79. The molecule has 0 bridgehead atoms. The van der Waals surface area contributed by atoms with Crippen LogP contribution in [0.25, 0.3) is 0 Å². The fourth-order valence-corrected chi connectivity index (χ4v) is 3.04. The summed E-state index contributed by atoms with van der Waals surface area (Å²) in [7, 11) is 0. The van der Waals surface area contributed by atoms with Gasteiger partial charge in [-0.1, -0.05) is 60.7 Å². The van der Waals surface area contributed by atoms with Crippen molar-refractivity contribution in [3.8, 4) is 11.5 Å². The third-order valence-corrected chi connectivity index (χ3v) is 4.52. The average Bonchev–Trinajstić information content (AvgIpc) is 2.82. The molecule has 0 aliphatic carbocycles. The molecule has 0 heterocycles. The van der Waals surface area contributed by atoms with Crippen molar-refractivity contribution in [1.82, 2.24) is 10.6 Å². The van der Waals surface area contributed by atoms with Crippen molar-refractivity contribution in [3.63, 3.8) is 0 Å². The summed E-state index contributed by atoms with van der Waals surface area (Å²) in [5.41, 5.74) is 1.86. The number of hydrogen-bond acceptors (Lipinski definition) is 4. The monoisotopic (exact) mass is 418 g/mol. The molecule has 6 heteroatoms. The zero-order valence-electron chi connectivity index (χ0n) is 17.4. The number of carbonyl (C=O) groups is 2. The maximum atomic E-state index is 12.6. The summed E-state index contributed by atoms with van der Waals surface area (Å²) < 4.78 is 10.9. The fraction of sp³-hybridized carbons (Fsp3) is 0.200. The minimum Gasteiger partial charge on any atom is -0.494 e. The van der Waals surface area contributed by atoms with Crippen LogP contribution in [0.4, 0.5) is 0 Å². The largest absolute Gasteiger partial charge is 0.494 e. The van der Waals surface area contributed by atoms with Gasteiger partial charge in [0.25, 0.3) is 5.91 Å². The second kappa shape index (κ2) is 11.4. The third-order valence-electron chi connectivity index (χ3n) is 4.52. The number of amides is 2. The molecule has 31 heavy (non-hydrogen) atoms. The first kappa shape index (κ1) is 21.9. The predicted octanol–water partition coefficient (Wildman–Crippen LogP) is 3.49. The topological polar surface area (TPSA) is 76.7 Å². The Hall–Kier alpha value is -3.80. The molecule has 0 saturated carbocycles. The molecule has 0 radical (unpaired) electrons. The van der Waals surface area contributed by atoms with Crippen LogP contribution < -0.4 is 20.1 Å². The van der Waals surface area contributed by atoms with Crippen LogP contribution in [0.3, 0.4) is 0 Å². The summed E-state index contributed by atoms with van der Waals surface area (Å²) in [4.78, 5) is 24.6. The molecule has 3 rings (SSSR count). The van der Waals surface area contributed by atoms with E-state index in [9.17, 15) is 9.59 Å². The van der Waals surface area contributed by atoms with Gasteiger partial charge < -0.3 is 20.1 Å². The zero-order valence-corrected chi connectivity index (χ0v) is 17.4. The highest BCUT2D eigenvalue weighted by molar-refractivity contribution is 5.85. The maximum Gasteiger partial charge on any atom is 0.258 e. The number of nitrogens with one attached hydrogen (secondary N) is 2. The number of rotatable bonds is 10. The van der Waals surface area contributed by atoms with Gasteiger partial charge in [0.2, 0.25) is 5.91 Å². The highest BCUT2D eigenvalue weighted by Gasteiger charge is 2.17. The molecular weight excluding hydrogens is 392 g/mol. The van der Waals surface area contributed by atoms with Crippen LogP contribution >= 0.6 is 0 Å².